The number of amides is 2. The second kappa shape index (κ2) is 23.4. The molecule has 6 aromatic heterocycles. The molecule has 0 bridgehead atoms. The van der Waals surface area contributed by atoms with Crippen LogP contribution in [-0.2, 0) is 36.2 Å². The second-order valence-electron chi connectivity index (χ2n) is 18.7. The van der Waals surface area contributed by atoms with E-state index in [-0.39, 0.29) is 76.8 Å². The predicted molar refractivity (Wildman–Crippen MR) is 253 cm³/mol. The summed E-state index contributed by atoms with van der Waals surface area (Å²) < 4.78 is 135. The highest BCUT2D eigenvalue weighted by molar-refractivity contribution is 6.14. The van der Waals surface area contributed by atoms with Crippen molar-refractivity contribution in [3.05, 3.63) is 60.4 Å². The maximum absolute atomic E-state index is 13.4. The van der Waals surface area contributed by atoms with Gasteiger partial charge < -0.3 is 24.7 Å². The van der Waals surface area contributed by atoms with E-state index in [4.69, 9.17) is 29.5 Å². The standard InChI is InChI=1S/C27H31F3N6O6.C17H15F3N6O2.C2HF3O.CH4/c1-25(2,3)41-23(38)35(24(39)42-26(4,5)6)20-19-21(33-14-32-20)36(16-9-7-8-10-17(16)37)34-22(19)40-18-13-15(11-12-31-18)27(28,29)30;18-17(19,20)9-5-6-22-12(7-9)28-16-13-14(21)23-8-24-15(13)26(25-16)10-3-1-2-4-11(10)27;3-2(4,5)1-6;/h11-14,16H,7-10H2,1-6H3;5-8,10H,1-4H2,(H2,21,23,24);1H;1H4. The Morgan fingerprint density at radius 1 is 0.636 bits per heavy atom. The molecule has 30 heteroatoms. The predicted octanol–water partition coefficient (Wildman–Crippen LogP) is 11.1. The molecule has 2 aliphatic rings. The molecule has 2 fully saturated rings. The Hall–Kier alpha value is -8.08. The van der Waals surface area contributed by atoms with Crippen LogP contribution >= 0.6 is 0 Å². The highest BCUT2D eigenvalue weighted by Crippen LogP contribution is 2.41. The van der Waals surface area contributed by atoms with Crippen LogP contribution in [0.15, 0.2) is 49.3 Å². The maximum atomic E-state index is 13.4. The van der Waals surface area contributed by atoms with Gasteiger partial charge >= 0.3 is 30.7 Å². The van der Waals surface area contributed by atoms with E-state index in [1.165, 1.54) is 15.7 Å². The highest BCUT2D eigenvalue weighted by Gasteiger charge is 2.39. The number of aromatic nitrogens is 10. The summed E-state index contributed by atoms with van der Waals surface area (Å²) in [6.07, 6.45) is -8.27. The number of nitrogens with two attached hydrogens (primary N) is 1. The summed E-state index contributed by atoms with van der Waals surface area (Å²) in [5.41, 5.74) is 2.19. The lowest BCUT2D eigenvalue weighted by atomic mass is 9.94. The van der Waals surface area contributed by atoms with Crippen molar-refractivity contribution < 1.29 is 82.4 Å². The average molecular weight is 1100 g/mol. The lowest BCUT2D eigenvalue weighted by molar-refractivity contribution is -0.156. The largest absolute Gasteiger partial charge is 0.446 e. The number of rotatable bonds is 7. The Balaban J connectivity index is 0.000000268. The molecule has 2 unspecified atom stereocenters. The molecule has 6 aromatic rings. The number of nitrogens with zero attached hydrogens (tertiary/aromatic N) is 11. The summed E-state index contributed by atoms with van der Waals surface area (Å²) in [7, 11) is 0. The van der Waals surface area contributed by atoms with Crippen molar-refractivity contribution in [1.82, 2.24) is 49.5 Å². The minimum absolute atomic E-state index is 0. The molecule has 0 radical (unpaired) electrons. The Morgan fingerprint density at radius 2 is 1.04 bits per heavy atom. The molecular weight excluding hydrogens is 1050 g/mol. The first-order valence-electron chi connectivity index (χ1n) is 22.8. The minimum Gasteiger partial charge on any atom is -0.443 e. The molecule has 0 spiro atoms. The number of Topliss-reactive ketones (excluding diaryl/α,β-unsaturated/α-hetero) is 2. The minimum atomic E-state index is -4.69. The molecule has 2 amide bonds. The van der Waals surface area contributed by atoms with Crippen molar-refractivity contribution in [2.75, 3.05) is 10.6 Å². The zero-order valence-electron chi connectivity index (χ0n) is 41.1. The van der Waals surface area contributed by atoms with Crippen LogP contribution in [0.5, 0.6) is 23.5 Å². The normalized spacial score (nSPS) is 16.2. The third-order valence-electron chi connectivity index (χ3n) is 10.6. The van der Waals surface area contributed by atoms with Gasteiger partial charge in [-0.3, -0.25) is 14.4 Å². The number of ketones is 2. The first-order chi connectivity index (χ1) is 35.3. The second-order valence-corrected chi connectivity index (χ2v) is 18.7. The number of carbonyl (C=O) groups is 5. The van der Waals surface area contributed by atoms with Gasteiger partial charge in [-0.15, -0.1) is 10.2 Å². The van der Waals surface area contributed by atoms with Crippen molar-refractivity contribution in [3.63, 3.8) is 0 Å². The first-order valence-corrected chi connectivity index (χ1v) is 22.8. The summed E-state index contributed by atoms with van der Waals surface area (Å²) in [4.78, 5) is 85.3. The number of carbonyl (C=O) groups excluding carboxylic acids is 5. The zero-order chi connectivity index (χ0) is 56.1. The van der Waals surface area contributed by atoms with Crippen molar-refractivity contribution in [3.8, 4) is 23.5 Å². The number of pyridine rings is 2. The quantitative estimate of drug-likeness (QED) is 0.115. The van der Waals surface area contributed by atoms with E-state index >= 15 is 0 Å². The molecule has 0 aliphatic heterocycles. The molecule has 0 saturated heterocycles. The zero-order valence-corrected chi connectivity index (χ0v) is 41.1. The van der Waals surface area contributed by atoms with E-state index in [2.05, 4.69) is 40.1 Å². The van der Waals surface area contributed by atoms with Crippen LogP contribution in [0.1, 0.15) is 124 Å². The lowest BCUT2D eigenvalue weighted by Gasteiger charge is -2.28. The van der Waals surface area contributed by atoms with Crippen LogP contribution in [0.4, 0.5) is 60.7 Å². The van der Waals surface area contributed by atoms with Gasteiger partial charge in [0.1, 0.15) is 52.5 Å². The molecule has 8 rings (SSSR count). The van der Waals surface area contributed by atoms with E-state index in [0.717, 1.165) is 49.8 Å². The van der Waals surface area contributed by atoms with Crippen LogP contribution < -0.4 is 20.1 Å². The van der Waals surface area contributed by atoms with Gasteiger partial charge in [-0.2, -0.15) is 44.4 Å². The fourth-order valence-corrected chi connectivity index (χ4v) is 7.43. The number of nitrogen functional groups attached to an aromatic ring is 1. The maximum Gasteiger partial charge on any atom is 0.446 e. The SMILES string of the molecule is C.CC(C)(C)OC(=O)N(C(=O)OC(C)(C)C)c1ncnc2c1c(Oc1cc(C(F)(F)F)ccn1)nn2C1CCCCC1=O.Nc1ncnc2c1c(Oc1cc(C(F)(F)F)ccn1)nn2C1CCCCC1=O.O=CC(F)(F)F. The molecular formula is C47H51F9N12O9. The van der Waals surface area contributed by atoms with Crippen LogP contribution in [-0.4, -0.2) is 96.9 Å². The van der Waals surface area contributed by atoms with Gasteiger partial charge in [-0.05, 0) is 79.4 Å². The van der Waals surface area contributed by atoms with Crippen LogP contribution in [0, 0.1) is 0 Å². The number of hydrogen-bond donors (Lipinski definition) is 1. The Bertz CT molecular complexity index is 3080. The molecule has 2 N–H and O–H groups in total. The van der Waals surface area contributed by atoms with Crippen LogP contribution in [0.3, 0.4) is 0 Å². The Labute approximate surface area is 431 Å². The number of halogens is 9. The fourth-order valence-electron chi connectivity index (χ4n) is 7.43. The van der Waals surface area contributed by atoms with Gasteiger partial charge in [0, 0.05) is 37.4 Å². The number of aldehydes is 1. The summed E-state index contributed by atoms with van der Waals surface area (Å²) in [6, 6.07) is 1.73. The molecule has 2 saturated carbocycles. The van der Waals surface area contributed by atoms with E-state index in [0.29, 0.717) is 43.1 Å². The first kappa shape index (κ1) is 59.8. The van der Waals surface area contributed by atoms with Gasteiger partial charge in [0.05, 0.1) is 11.1 Å². The smallest absolute Gasteiger partial charge is 0.443 e. The summed E-state index contributed by atoms with van der Waals surface area (Å²) in [5.74, 6) is -1.73. The van der Waals surface area contributed by atoms with E-state index < -0.39 is 77.3 Å². The molecule has 416 valence electrons. The lowest BCUT2D eigenvalue weighted by Crippen LogP contribution is -2.44. The van der Waals surface area contributed by atoms with Gasteiger partial charge in [-0.1, -0.05) is 20.3 Å². The van der Waals surface area contributed by atoms with Crippen LogP contribution in [0.25, 0.3) is 22.1 Å². The van der Waals surface area contributed by atoms with Gasteiger partial charge in [-0.25, -0.2) is 48.9 Å². The van der Waals surface area contributed by atoms with Gasteiger partial charge in [0.25, 0.3) is 11.8 Å². The van der Waals surface area contributed by atoms with Crippen LogP contribution in [0.2, 0.25) is 0 Å². The highest BCUT2D eigenvalue weighted by atomic mass is 19.4. The van der Waals surface area contributed by atoms with E-state index in [1.807, 2.05) is 0 Å². The third-order valence-corrected chi connectivity index (χ3v) is 10.6. The molecule has 6 heterocycles. The number of imide groups is 1. The third kappa shape index (κ3) is 15.3. The number of hydrogen-bond acceptors (Lipinski definition) is 18. The molecule has 2 aliphatic carbocycles. The van der Waals surface area contributed by atoms with Gasteiger partial charge in [0.15, 0.2) is 28.7 Å². The number of fused-ring (bicyclic) bond motifs is 2. The molecule has 2 atom stereocenters. The number of anilines is 2. The summed E-state index contributed by atoms with van der Waals surface area (Å²) in [6.45, 7) is 9.55. The Morgan fingerprint density at radius 3 is 1.43 bits per heavy atom. The van der Waals surface area contributed by atoms with Crippen molar-refractivity contribution in [2.45, 2.75) is 142 Å². The monoisotopic (exact) mass is 1100 g/mol. The van der Waals surface area contributed by atoms with Crippen molar-refractivity contribution >= 4 is 63.7 Å². The summed E-state index contributed by atoms with van der Waals surface area (Å²) in [5, 5.41) is 8.74. The van der Waals surface area contributed by atoms with E-state index in [1.54, 1.807) is 41.5 Å². The Kier molecular flexibility index (Phi) is 18.2. The number of alkyl halides is 9. The van der Waals surface area contributed by atoms with Crippen molar-refractivity contribution in [1.29, 1.82) is 0 Å². The van der Waals surface area contributed by atoms with Gasteiger partial charge in [0.2, 0.25) is 18.0 Å². The topological polar surface area (TPSA) is 265 Å². The van der Waals surface area contributed by atoms with Crippen molar-refractivity contribution in [2.24, 2.45) is 0 Å². The average Bonchev–Trinajstić information content (AvgIpc) is 3.87. The van der Waals surface area contributed by atoms with E-state index in [9.17, 15) is 58.7 Å². The number of ether oxygens (including phenoxy) is 4. The molecule has 77 heavy (non-hydrogen) atoms. The molecule has 0 aromatic carbocycles. The summed E-state index contributed by atoms with van der Waals surface area (Å²) >= 11 is 0. The molecule has 21 nitrogen and oxygen atoms in total. The fraction of sp³-hybridized carbons (Fsp3) is 0.468.